The van der Waals surface area contributed by atoms with Crippen molar-refractivity contribution in [3.8, 4) is 0 Å². The Balaban J connectivity index is 3.09. The zero-order valence-corrected chi connectivity index (χ0v) is 16.5. The molecule has 0 unspecified atom stereocenters. The van der Waals surface area contributed by atoms with E-state index in [1.807, 2.05) is 0 Å². The van der Waals surface area contributed by atoms with Crippen molar-refractivity contribution in [2.45, 2.75) is 0 Å². The summed E-state index contributed by atoms with van der Waals surface area (Å²) < 4.78 is 53.8. The van der Waals surface area contributed by atoms with Crippen molar-refractivity contribution >= 4 is 15.6 Å². The number of rotatable bonds is 20. The lowest BCUT2D eigenvalue weighted by Crippen LogP contribution is -2.19. The van der Waals surface area contributed by atoms with E-state index in [2.05, 4.69) is 9.05 Å². The third-order valence-electron chi connectivity index (χ3n) is 2.44. The van der Waals surface area contributed by atoms with Crippen LogP contribution in [-0.4, -0.2) is 79.3 Å². The second-order valence-electron chi connectivity index (χ2n) is 4.62. The van der Waals surface area contributed by atoms with Crippen molar-refractivity contribution in [3.63, 3.8) is 0 Å². The van der Waals surface area contributed by atoms with Gasteiger partial charge < -0.3 is 61.4 Å². The summed E-state index contributed by atoms with van der Waals surface area (Å²) in [5.74, 6) is 0. The molecule has 0 rings (SSSR count). The number of hydrogen-bond donors (Lipinski definition) is 0. The molecular weight excluding hydrogens is 414 g/mol. The van der Waals surface area contributed by atoms with E-state index < -0.39 is 15.6 Å². The Morgan fingerprint density at radius 2 is 0.593 bits per heavy atom. The first kappa shape index (κ1) is 27.0. The highest BCUT2D eigenvalue weighted by molar-refractivity contribution is 7.43. The first-order chi connectivity index (χ1) is 12.7. The van der Waals surface area contributed by atoms with Gasteiger partial charge in [0.2, 0.25) is 0 Å². The molecule has 27 heavy (non-hydrogen) atoms. The van der Waals surface area contributed by atoms with Crippen LogP contribution < -0.4 is 19.6 Å². The second kappa shape index (κ2) is 16.9. The molecule has 164 valence electrons. The maximum Gasteiger partial charge on any atom is 0.0752 e. The normalized spacial score (nSPS) is 12.6. The Bertz CT molecular complexity index is 386. The van der Waals surface area contributed by atoms with Crippen LogP contribution in [0.3, 0.4) is 0 Å². The molecule has 0 saturated carbocycles. The smallest absolute Gasteiger partial charge is 0.0752 e. The van der Waals surface area contributed by atoms with Crippen LogP contribution in [0, 0.1) is 0 Å². The first-order valence-corrected chi connectivity index (χ1v) is 10.8. The Morgan fingerprint density at radius 3 is 0.778 bits per heavy atom. The van der Waals surface area contributed by atoms with E-state index in [0.29, 0.717) is 26.4 Å². The SMILES string of the molecule is O=P([O-])([O-])OCCOCCOCCOCCOCCOCCOP(=O)([O-])[O-]. The lowest BCUT2D eigenvalue weighted by Gasteiger charge is -2.28. The fraction of sp³-hybridized carbons (Fsp3) is 1.00. The molecule has 0 aromatic rings. The van der Waals surface area contributed by atoms with E-state index in [1.165, 1.54) is 0 Å². The van der Waals surface area contributed by atoms with Gasteiger partial charge in [-0.2, -0.15) is 0 Å². The van der Waals surface area contributed by atoms with Crippen LogP contribution in [0.1, 0.15) is 0 Å². The highest BCUT2D eigenvalue weighted by Crippen LogP contribution is 2.23. The third kappa shape index (κ3) is 26.0. The highest BCUT2D eigenvalue weighted by atomic mass is 31.2. The lowest BCUT2D eigenvalue weighted by molar-refractivity contribution is -0.344. The molecule has 0 N–H and O–H groups in total. The topological polar surface area (TPSA) is 191 Å². The summed E-state index contributed by atoms with van der Waals surface area (Å²) in [6.07, 6.45) is 0. The van der Waals surface area contributed by atoms with E-state index in [9.17, 15) is 28.7 Å². The molecule has 0 bridgehead atoms. The summed E-state index contributed by atoms with van der Waals surface area (Å²) in [5, 5.41) is 0. The zero-order valence-electron chi connectivity index (χ0n) is 14.7. The van der Waals surface area contributed by atoms with Crippen molar-refractivity contribution in [3.05, 3.63) is 0 Å². The largest absolute Gasteiger partial charge is 0.790 e. The minimum absolute atomic E-state index is 0.0273. The summed E-state index contributed by atoms with van der Waals surface area (Å²) in [7, 11) is -9.89. The molecule has 0 amide bonds. The molecule has 0 saturated heterocycles. The quantitative estimate of drug-likeness (QED) is 0.136. The van der Waals surface area contributed by atoms with Crippen molar-refractivity contribution in [2.24, 2.45) is 0 Å². The fourth-order valence-electron chi connectivity index (χ4n) is 1.40. The molecule has 13 nitrogen and oxygen atoms in total. The summed E-state index contributed by atoms with van der Waals surface area (Å²) in [5.41, 5.74) is 0. The third-order valence-corrected chi connectivity index (χ3v) is 3.44. The minimum Gasteiger partial charge on any atom is -0.790 e. The molecule has 0 fully saturated rings. The highest BCUT2D eigenvalue weighted by Gasteiger charge is 1.95. The first-order valence-electron chi connectivity index (χ1n) is 7.92. The minimum atomic E-state index is -4.94. The summed E-state index contributed by atoms with van der Waals surface area (Å²) in [6.45, 7) is 1.67. The number of phosphoric ester groups is 2. The predicted octanol–water partition coefficient (Wildman–Crippen LogP) is -3.24. The van der Waals surface area contributed by atoms with E-state index in [0.717, 1.165) is 0 Å². The van der Waals surface area contributed by atoms with Crippen LogP contribution >= 0.6 is 15.6 Å². The van der Waals surface area contributed by atoms with Crippen LogP contribution in [0.15, 0.2) is 0 Å². The predicted molar refractivity (Wildman–Crippen MR) is 81.2 cm³/mol. The number of ether oxygens (including phenoxy) is 5. The van der Waals surface area contributed by atoms with Gasteiger partial charge in [0.1, 0.15) is 0 Å². The monoisotopic (exact) mass is 438 g/mol. The van der Waals surface area contributed by atoms with Gasteiger partial charge in [-0.25, -0.2) is 0 Å². The Morgan fingerprint density at radius 1 is 0.407 bits per heavy atom. The number of hydrogen-bond acceptors (Lipinski definition) is 13. The maximum absolute atomic E-state index is 10.1. The van der Waals surface area contributed by atoms with Gasteiger partial charge in [-0.15, -0.1) is 0 Å². The molecule has 0 spiro atoms. The van der Waals surface area contributed by atoms with Crippen molar-refractivity contribution < 1.29 is 61.4 Å². The van der Waals surface area contributed by atoms with Crippen molar-refractivity contribution in [2.75, 3.05) is 79.3 Å². The van der Waals surface area contributed by atoms with Gasteiger partial charge in [-0.1, -0.05) is 0 Å². The van der Waals surface area contributed by atoms with Crippen LogP contribution in [0.25, 0.3) is 0 Å². The molecular formula is C12H24O13P2-4. The van der Waals surface area contributed by atoms with Crippen LogP contribution in [0.2, 0.25) is 0 Å². The van der Waals surface area contributed by atoms with Gasteiger partial charge in [0.25, 0.3) is 0 Å². The van der Waals surface area contributed by atoms with E-state index in [1.54, 1.807) is 0 Å². The Labute approximate surface area is 157 Å². The fourth-order valence-corrected chi connectivity index (χ4v) is 1.99. The zero-order chi connectivity index (χ0) is 20.4. The molecule has 0 aliphatic carbocycles. The average Bonchev–Trinajstić information content (AvgIpc) is 2.55. The van der Waals surface area contributed by atoms with E-state index >= 15 is 0 Å². The molecule has 0 aliphatic rings. The summed E-state index contributed by atoms with van der Waals surface area (Å²) in [4.78, 5) is 40.6. The van der Waals surface area contributed by atoms with Gasteiger partial charge in [-0.3, -0.25) is 0 Å². The van der Waals surface area contributed by atoms with E-state index in [4.69, 9.17) is 23.7 Å². The van der Waals surface area contributed by atoms with Gasteiger partial charge >= 0.3 is 0 Å². The molecule has 0 aromatic carbocycles. The molecule has 0 atom stereocenters. The molecule has 0 aromatic heterocycles. The second-order valence-corrected chi connectivity index (χ2v) is 6.93. The maximum atomic E-state index is 10.1. The van der Waals surface area contributed by atoms with Crippen molar-refractivity contribution in [1.29, 1.82) is 0 Å². The molecule has 15 heteroatoms. The molecule has 0 radical (unpaired) electrons. The van der Waals surface area contributed by atoms with Gasteiger partial charge in [-0.05, 0) is 0 Å². The van der Waals surface area contributed by atoms with Gasteiger partial charge in [0, 0.05) is 0 Å². The lowest BCUT2D eigenvalue weighted by atomic mass is 10.7. The van der Waals surface area contributed by atoms with Gasteiger partial charge in [0.15, 0.2) is 0 Å². The van der Waals surface area contributed by atoms with Crippen LogP contribution in [0.4, 0.5) is 0 Å². The molecule has 0 heterocycles. The van der Waals surface area contributed by atoms with Crippen molar-refractivity contribution in [1.82, 2.24) is 0 Å². The van der Waals surface area contributed by atoms with Crippen LogP contribution in [0.5, 0.6) is 0 Å². The Kier molecular flexibility index (Phi) is 16.9. The van der Waals surface area contributed by atoms with Gasteiger partial charge in [0.05, 0.1) is 94.9 Å². The van der Waals surface area contributed by atoms with E-state index in [-0.39, 0.29) is 52.9 Å². The standard InChI is InChI=1S/C12H28O13P2/c13-26(14,15)24-11-9-22-7-5-20-3-1-19-2-4-21-6-8-23-10-12-25-27(16,17)18/h1-12H2,(H2,13,14,15)(H2,16,17,18)/p-4. The average molecular weight is 438 g/mol. The summed E-state index contributed by atoms with van der Waals surface area (Å²) in [6, 6.07) is 0. The number of phosphoric acid groups is 2. The summed E-state index contributed by atoms with van der Waals surface area (Å²) >= 11 is 0. The Hall–Kier alpha value is 0.0200. The molecule has 0 aliphatic heterocycles. The van der Waals surface area contributed by atoms with Crippen LogP contribution in [-0.2, 0) is 41.9 Å².